The predicted octanol–water partition coefficient (Wildman–Crippen LogP) is 2.13. The van der Waals surface area contributed by atoms with Crippen LogP contribution in [-0.4, -0.2) is 4.92 Å². The summed E-state index contributed by atoms with van der Waals surface area (Å²) in [6, 6.07) is 10.5. The fraction of sp³-hybridized carbons (Fsp3) is 0.100. The average molecular weight is 203 g/mol. The molecule has 0 heterocycles. The first kappa shape index (κ1) is 10.7. The molecule has 5 heteroatoms. The molecule has 0 saturated carbocycles. The minimum Gasteiger partial charge on any atom is -0.353 e. The lowest BCUT2D eigenvalue weighted by molar-refractivity contribution is -0.418. The van der Waals surface area contributed by atoms with Crippen LogP contribution in [0.5, 0.6) is 0 Å². The lowest BCUT2D eigenvalue weighted by Gasteiger charge is -2.04. The van der Waals surface area contributed by atoms with E-state index in [0.29, 0.717) is 5.69 Å². The van der Waals surface area contributed by atoms with Crippen LogP contribution in [-0.2, 0) is 0 Å². The minimum atomic E-state index is -0.703. The number of hydrogen-bond donors (Lipinski definition) is 1. The lowest BCUT2D eigenvalue weighted by Crippen LogP contribution is -2.06. The summed E-state index contributed by atoms with van der Waals surface area (Å²) in [5, 5.41) is 21.8. The Kier molecular flexibility index (Phi) is 3.41. The molecule has 0 aliphatic heterocycles. The highest BCUT2D eigenvalue weighted by Crippen LogP contribution is 2.11. The van der Waals surface area contributed by atoms with Gasteiger partial charge < -0.3 is 5.32 Å². The maximum Gasteiger partial charge on any atom is 0.364 e. The van der Waals surface area contributed by atoms with Gasteiger partial charge in [-0.1, -0.05) is 18.2 Å². The van der Waals surface area contributed by atoms with Gasteiger partial charge in [0, 0.05) is 5.69 Å². The van der Waals surface area contributed by atoms with Gasteiger partial charge in [-0.25, -0.2) is 0 Å². The second kappa shape index (κ2) is 4.77. The maximum atomic E-state index is 10.4. The minimum absolute atomic E-state index is 0.230. The third kappa shape index (κ3) is 2.81. The summed E-state index contributed by atoms with van der Waals surface area (Å²) in [5.74, 6) is 0. The van der Waals surface area contributed by atoms with Gasteiger partial charge in [-0.05, 0) is 19.1 Å². The van der Waals surface area contributed by atoms with Crippen LogP contribution in [0.15, 0.2) is 41.7 Å². The van der Waals surface area contributed by atoms with Crippen LogP contribution in [0, 0.1) is 21.4 Å². The van der Waals surface area contributed by atoms with Crippen molar-refractivity contribution in [2.24, 2.45) is 0 Å². The standard InChI is InChI=1S/C10H9N3O2/c1-8(10(7-11)13(14)15)12-9-5-3-2-4-6-9/h2-6,12H,1H3/b10-8+. The fourth-order valence-electron chi connectivity index (χ4n) is 1.06. The monoisotopic (exact) mass is 203 g/mol. The number of nitrogens with one attached hydrogen (secondary N) is 1. The van der Waals surface area contributed by atoms with Gasteiger partial charge in [0.2, 0.25) is 0 Å². The largest absolute Gasteiger partial charge is 0.364 e. The summed E-state index contributed by atoms with van der Waals surface area (Å²) in [4.78, 5) is 9.74. The van der Waals surface area contributed by atoms with E-state index >= 15 is 0 Å². The molecule has 1 N–H and O–H groups in total. The maximum absolute atomic E-state index is 10.4. The normalized spacial score (nSPS) is 11.2. The van der Waals surface area contributed by atoms with Gasteiger partial charge in [-0.3, -0.25) is 10.1 Å². The Balaban J connectivity index is 2.92. The van der Waals surface area contributed by atoms with Crippen molar-refractivity contribution in [3.05, 3.63) is 51.8 Å². The number of nitrogens with zero attached hydrogens (tertiary/aromatic N) is 2. The van der Waals surface area contributed by atoms with Gasteiger partial charge in [0.15, 0.2) is 6.07 Å². The van der Waals surface area contributed by atoms with Crippen molar-refractivity contribution in [1.82, 2.24) is 0 Å². The van der Waals surface area contributed by atoms with E-state index in [9.17, 15) is 10.1 Å². The molecule has 76 valence electrons. The molecule has 0 spiro atoms. The zero-order valence-corrected chi connectivity index (χ0v) is 8.10. The Bertz CT molecular complexity index is 432. The van der Waals surface area contributed by atoms with Gasteiger partial charge in [0.25, 0.3) is 0 Å². The van der Waals surface area contributed by atoms with E-state index < -0.39 is 10.6 Å². The summed E-state index contributed by atoms with van der Waals surface area (Å²) >= 11 is 0. The van der Waals surface area contributed by atoms with Crippen molar-refractivity contribution in [3.8, 4) is 6.07 Å². The van der Waals surface area contributed by atoms with E-state index in [4.69, 9.17) is 5.26 Å². The smallest absolute Gasteiger partial charge is 0.353 e. The highest BCUT2D eigenvalue weighted by molar-refractivity contribution is 5.48. The molecule has 0 radical (unpaired) electrons. The Morgan fingerprint density at radius 3 is 2.53 bits per heavy atom. The molecule has 5 nitrogen and oxygen atoms in total. The van der Waals surface area contributed by atoms with Crippen LogP contribution in [0.1, 0.15) is 6.92 Å². The average Bonchev–Trinajstić information content (AvgIpc) is 2.19. The first-order valence-electron chi connectivity index (χ1n) is 4.22. The fourth-order valence-corrected chi connectivity index (χ4v) is 1.06. The number of allylic oxidation sites excluding steroid dienone is 2. The zero-order valence-electron chi connectivity index (χ0n) is 8.10. The molecule has 1 rings (SSSR count). The van der Waals surface area contributed by atoms with Crippen molar-refractivity contribution in [2.45, 2.75) is 6.92 Å². The predicted molar refractivity (Wildman–Crippen MR) is 55.4 cm³/mol. The van der Waals surface area contributed by atoms with E-state index in [0.717, 1.165) is 0 Å². The van der Waals surface area contributed by atoms with Crippen LogP contribution in [0.4, 0.5) is 5.69 Å². The van der Waals surface area contributed by atoms with Crippen molar-refractivity contribution >= 4 is 5.69 Å². The number of nitriles is 1. The number of hydrogen-bond acceptors (Lipinski definition) is 4. The van der Waals surface area contributed by atoms with Crippen LogP contribution >= 0.6 is 0 Å². The quantitative estimate of drug-likeness (QED) is 0.463. The molecule has 0 aliphatic rings. The van der Waals surface area contributed by atoms with Crippen LogP contribution < -0.4 is 5.32 Å². The van der Waals surface area contributed by atoms with Gasteiger partial charge in [-0.2, -0.15) is 5.26 Å². The summed E-state index contributed by atoms with van der Waals surface area (Å²) in [6.45, 7) is 1.49. The van der Waals surface area contributed by atoms with Crippen LogP contribution in [0.25, 0.3) is 0 Å². The Labute approximate surface area is 86.8 Å². The third-order valence-corrected chi connectivity index (χ3v) is 1.75. The molecule has 0 aliphatic carbocycles. The van der Waals surface area contributed by atoms with Crippen LogP contribution in [0.3, 0.4) is 0 Å². The van der Waals surface area contributed by atoms with Crippen molar-refractivity contribution in [1.29, 1.82) is 5.26 Å². The lowest BCUT2D eigenvalue weighted by atomic mass is 10.3. The van der Waals surface area contributed by atoms with Gasteiger partial charge >= 0.3 is 5.70 Å². The van der Waals surface area contributed by atoms with Gasteiger partial charge in [0.05, 0.1) is 4.92 Å². The number of benzene rings is 1. The third-order valence-electron chi connectivity index (χ3n) is 1.75. The van der Waals surface area contributed by atoms with Gasteiger partial charge in [-0.15, -0.1) is 0 Å². The number of anilines is 1. The van der Waals surface area contributed by atoms with E-state index in [1.165, 1.54) is 13.0 Å². The summed E-state index contributed by atoms with van der Waals surface area (Å²) in [6.07, 6.45) is 0. The molecule has 0 saturated heterocycles. The van der Waals surface area contributed by atoms with E-state index in [2.05, 4.69) is 5.32 Å². The molecule has 0 bridgehead atoms. The summed E-state index contributed by atoms with van der Waals surface area (Å²) in [7, 11) is 0. The highest BCUT2D eigenvalue weighted by atomic mass is 16.6. The molecule has 0 unspecified atom stereocenters. The Morgan fingerprint density at radius 2 is 2.07 bits per heavy atom. The molecule has 0 aromatic heterocycles. The van der Waals surface area contributed by atoms with Crippen molar-refractivity contribution in [3.63, 3.8) is 0 Å². The topological polar surface area (TPSA) is 79.0 Å². The molecule has 0 atom stereocenters. The first-order chi connectivity index (χ1) is 7.15. The first-order valence-corrected chi connectivity index (χ1v) is 4.22. The molecular weight excluding hydrogens is 194 g/mol. The highest BCUT2D eigenvalue weighted by Gasteiger charge is 2.13. The van der Waals surface area contributed by atoms with E-state index in [1.54, 1.807) is 24.3 Å². The molecule has 15 heavy (non-hydrogen) atoms. The van der Waals surface area contributed by atoms with E-state index in [1.807, 2.05) is 6.07 Å². The SMILES string of the molecule is C/C(Nc1ccccc1)=C(/C#N)[N+](=O)[O-]. The molecule has 0 amide bonds. The number of rotatable bonds is 3. The van der Waals surface area contributed by atoms with Gasteiger partial charge in [0.1, 0.15) is 5.70 Å². The molecule has 1 aromatic carbocycles. The molecule has 1 aromatic rings. The Morgan fingerprint density at radius 1 is 1.47 bits per heavy atom. The molecular formula is C10H9N3O2. The van der Waals surface area contributed by atoms with Crippen molar-refractivity contribution < 1.29 is 4.92 Å². The van der Waals surface area contributed by atoms with Crippen molar-refractivity contribution in [2.75, 3.05) is 5.32 Å². The second-order valence-corrected chi connectivity index (χ2v) is 2.83. The van der Waals surface area contributed by atoms with E-state index in [-0.39, 0.29) is 5.70 Å². The van der Waals surface area contributed by atoms with Crippen LogP contribution in [0.2, 0.25) is 0 Å². The second-order valence-electron chi connectivity index (χ2n) is 2.83. The number of para-hydroxylation sites is 1. The Hall–Kier alpha value is -2.35. The number of nitro groups is 1. The zero-order chi connectivity index (χ0) is 11.3. The summed E-state index contributed by atoms with van der Waals surface area (Å²) in [5.41, 5.74) is 0.470. The summed E-state index contributed by atoms with van der Waals surface area (Å²) < 4.78 is 0. The molecule has 0 fully saturated rings.